The average Bonchev–Trinajstić information content (AvgIpc) is 3.16. The number of nitrogens with zero attached hydrogens (tertiary/aromatic N) is 2. The van der Waals surface area contributed by atoms with E-state index < -0.39 is 23.4 Å². The summed E-state index contributed by atoms with van der Waals surface area (Å²) >= 11 is 0.910. The number of nitrogens with one attached hydrogen (secondary N) is 2. The highest BCUT2D eigenvalue weighted by molar-refractivity contribution is 7.10. The van der Waals surface area contributed by atoms with Crippen LogP contribution in [0.4, 0.5) is 9.59 Å². The first-order valence-corrected chi connectivity index (χ1v) is 15.8. The molecule has 44 heavy (non-hydrogen) atoms. The number of benzene rings is 1. The van der Waals surface area contributed by atoms with E-state index in [9.17, 15) is 19.5 Å². The molecule has 1 aromatic heterocycles. The third-order valence-corrected chi connectivity index (χ3v) is 6.72. The number of aliphatic imine (C=N–C) groups is 1. The fraction of sp³-hybridized carbons (Fsp3) is 0.562. The molecule has 12 heteroatoms. The number of carbonyl (C=O) groups is 2. The molecule has 2 amide bonds. The van der Waals surface area contributed by atoms with Crippen LogP contribution in [0.3, 0.4) is 0 Å². The summed E-state index contributed by atoms with van der Waals surface area (Å²) in [6.07, 6.45) is 8.53. The van der Waals surface area contributed by atoms with Gasteiger partial charge in [-0.15, -0.1) is 0 Å². The maximum absolute atomic E-state index is 12.6. The highest BCUT2D eigenvalue weighted by atomic mass is 32.1. The number of rotatable bonds is 13. The summed E-state index contributed by atoms with van der Waals surface area (Å²) in [7, 11) is 0. The number of alkyl carbamates (subject to hydrolysis) is 2. The van der Waals surface area contributed by atoms with Gasteiger partial charge in [0.2, 0.25) is 11.8 Å². The second kappa shape index (κ2) is 17.5. The largest absolute Gasteiger partial charge is 0.494 e. The van der Waals surface area contributed by atoms with Crippen LogP contribution in [0.1, 0.15) is 91.0 Å². The first-order valence-electron chi connectivity index (χ1n) is 15.0. The van der Waals surface area contributed by atoms with Gasteiger partial charge in [-0.2, -0.15) is 0 Å². The zero-order chi connectivity index (χ0) is 32.8. The van der Waals surface area contributed by atoms with Crippen molar-refractivity contribution in [2.24, 2.45) is 4.99 Å². The number of carbonyl (C=O) groups excluding carboxylic acids is 2. The third kappa shape index (κ3) is 14.6. The first-order chi connectivity index (χ1) is 20.7. The molecule has 244 valence electrons. The summed E-state index contributed by atoms with van der Waals surface area (Å²) < 4.78 is 17.5. The number of allylic oxidation sites excluding steroid dienone is 1. The predicted molar refractivity (Wildman–Crippen MR) is 175 cm³/mol. The fourth-order valence-corrected chi connectivity index (χ4v) is 4.65. The number of aromatic nitrogens is 1. The summed E-state index contributed by atoms with van der Waals surface area (Å²) in [4.78, 5) is 41.4. The van der Waals surface area contributed by atoms with Gasteiger partial charge in [-0.05, 0) is 78.2 Å². The topological polar surface area (TPSA) is 140 Å². The summed E-state index contributed by atoms with van der Waals surface area (Å²) in [5.74, 6) is 0.449. The minimum Gasteiger partial charge on any atom is -0.494 e. The van der Waals surface area contributed by atoms with Crippen molar-refractivity contribution in [2.75, 3.05) is 13.2 Å². The van der Waals surface area contributed by atoms with E-state index in [-0.39, 0.29) is 29.8 Å². The zero-order valence-electron chi connectivity index (χ0n) is 27.0. The van der Waals surface area contributed by atoms with Crippen molar-refractivity contribution < 1.29 is 28.9 Å². The van der Waals surface area contributed by atoms with Crippen molar-refractivity contribution >= 4 is 35.6 Å². The van der Waals surface area contributed by atoms with Gasteiger partial charge >= 0.3 is 17.1 Å². The molecule has 0 saturated heterocycles. The number of hydrogen-bond acceptors (Lipinski definition) is 9. The Hall–Kier alpha value is -3.80. The molecule has 0 aliphatic carbocycles. The monoisotopic (exact) mass is 632 g/mol. The molecule has 3 N–H and O–H groups in total. The van der Waals surface area contributed by atoms with Crippen LogP contribution in [-0.2, 0) is 22.4 Å². The molecule has 0 atom stereocenters. The number of guanidine groups is 1. The molecule has 2 aromatic rings. The van der Waals surface area contributed by atoms with Crippen molar-refractivity contribution in [3.05, 3.63) is 50.4 Å². The Kier molecular flexibility index (Phi) is 14.5. The van der Waals surface area contributed by atoms with Crippen LogP contribution in [0.5, 0.6) is 11.6 Å². The van der Waals surface area contributed by atoms with Crippen molar-refractivity contribution in [1.29, 1.82) is 0 Å². The van der Waals surface area contributed by atoms with Gasteiger partial charge in [-0.3, -0.25) is 25.0 Å². The van der Waals surface area contributed by atoms with Gasteiger partial charge in [0.1, 0.15) is 17.0 Å². The van der Waals surface area contributed by atoms with Gasteiger partial charge in [0.05, 0.1) is 18.0 Å². The lowest BCUT2D eigenvalue weighted by Gasteiger charge is -2.22. The quantitative estimate of drug-likeness (QED) is 0.128. The highest BCUT2D eigenvalue weighted by Crippen LogP contribution is 2.22. The lowest BCUT2D eigenvalue weighted by Crippen LogP contribution is -2.47. The van der Waals surface area contributed by atoms with E-state index in [1.54, 1.807) is 47.6 Å². The fourth-order valence-electron chi connectivity index (χ4n) is 3.81. The number of aromatic hydroxyl groups is 1. The van der Waals surface area contributed by atoms with Crippen LogP contribution in [0, 0.1) is 0 Å². The molecule has 0 spiro atoms. The molecule has 0 radical (unpaired) electrons. The maximum atomic E-state index is 12.6. The smallest absolute Gasteiger partial charge is 0.414 e. The van der Waals surface area contributed by atoms with Gasteiger partial charge in [0.15, 0.2) is 0 Å². The number of thiazole rings is 1. The van der Waals surface area contributed by atoms with Crippen LogP contribution in [0.25, 0.3) is 6.08 Å². The van der Waals surface area contributed by atoms with E-state index in [2.05, 4.69) is 22.5 Å². The molecule has 0 unspecified atom stereocenters. The number of amides is 2. The molecule has 11 nitrogen and oxygen atoms in total. The van der Waals surface area contributed by atoms with Crippen molar-refractivity contribution in [2.45, 2.75) is 105 Å². The number of ether oxygens (including phenoxy) is 3. The SMILES string of the molecule is CCCCCCCOc1ccc(C/C=C/c2sc(=O)n(CCN=C(NC(=O)OC(C)(C)C)NC(=O)OC(C)(C)C)c2O)cc1. The van der Waals surface area contributed by atoms with Crippen molar-refractivity contribution in [3.8, 4) is 11.6 Å². The Balaban J connectivity index is 1.98. The van der Waals surface area contributed by atoms with Crippen molar-refractivity contribution in [1.82, 2.24) is 15.2 Å². The van der Waals surface area contributed by atoms with Gasteiger partial charge in [-0.1, -0.05) is 62.2 Å². The molecule has 2 rings (SSSR count). The Morgan fingerprint density at radius 2 is 1.55 bits per heavy atom. The second-order valence-corrected chi connectivity index (χ2v) is 13.2. The highest BCUT2D eigenvalue weighted by Gasteiger charge is 2.21. The van der Waals surface area contributed by atoms with E-state index in [0.717, 1.165) is 29.1 Å². The third-order valence-electron chi connectivity index (χ3n) is 5.79. The number of hydrogen-bond donors (Lipinski definition) is 3. The number of unbranched alkanes of at least 4 members (excludes halogenated alkanes) is 4. The Bertz CT molecular complexity index is 1280. The molecule has 1 heterocycles. The van der Waals surface area contributed by atoms with Gasteiger partial charge in [0, 0.05) is 6.54 Å². The van der Waals surface area contributed by atoms with E-state index in [1.165, 1.54) is 30.3 Å². The van der Waals surface area contributed by atoms with E-state index in [4.69, 9.17) is 14.2 Å². The molecule has 0 saturated carbocycles. The minimum atomic E-state index is -0.824. The van der Waals surface area contributed by atoms with Gasteiger partial charge in [-0.25, -0.2) is 9.59 Å². The first kappa shape index (κ1) is 36.4. The van der Waals surface area contributed by atoms with Crippen LogP contribution < -0.4 is 20.2 Å². The Labute approximate surface area is 264 Å². The standard InChI is InChI=1S/C32H48N4O7S/c1-8-9-10-11-12-22-41-24-18-16-23(17-19-24)14-13-15-25-26(37)36(30(40)44-25)21-20-33-27(34-28(38)42-31(2,3)4)35-29(39)43-32(5,6)7/h13,15-19,37H,8-12,14,20-22H2,1-7H3,(H2,33,34,35,38,39)/b15-13+. The van der Waals surface area contributed by atoms with Crippen LogP contribution >= 0.6 is 11.3 Å². The Morgan fingerprint density at radius 3 is 2.11 bits per heavy atom. The van der Waals surface area contributed by atoms with E-state index in [1.807, 2.05) is 30.3 Å². The molecule has 0 aliphatic rings. The molecular formula is C32H48N4O7S. The zero-order valence-corrected chi connectivity index (χ0v) is 27.8. The van der Waals surface area contributed by atoms with Crippen LogP contribution in [-0.4, -0.2) is 52.2 Å². The molecule has 1 aromatic carbocycles. The average molecular weight is 633 g/mol. The predicted octanol–water partition coefficient (Wildman–Crippen LogP) is 6.63. The molecule has 0 bridgehead atoms. The second-order valence-electron chi connectivity index (χ2n) is 12.2. The van der Waals surface area contributed by atoms with Crippen LogP contribution in [0.2, 0.25) is 0 Å². The van der Waals surface area contributed by atoms with E-state index in [0.29, 0.717) is 17.9 Å². The van der Waals surface area contributed by atoms with Gasteiger partial charge < -0.3 is 19.3 Å². The molecular weight excluding hydrogens is 584 g/mol. The summed E-state index contributed by atoms with van der Waals surface area (Å²) in [6.45, 7) is 13.1. The molecule has 0 fully saturated rings. The minimum absolute atomic E-state index is 0.00453. The summed E-state index contributed by atoms with van der Waals surface area (Å²) in [6, 6.07) is 7.89. The van der Waals surface area contributed by atoms with Gasteiger partial charge in [0.25, 0.3) is 0 Å². The Morgan fingerprint density at radius 1 is 0.955 bits per heavy atom. The van der Waals surface area contributed by atoms with E-state index >= 15 is 0 Å². The lowest BCUT2D eigenvalue weighted by molar-refractivity contribution is 0.0545. The lowest BCUT2D eigenvalue weighted by atomic mass is 10.1. The van der Waals surface area contributed by atoms with Crippen LogP contribution in [0.15, 0.2) is 40.1 Å². The normalized spacial score (nSPS) is 11.7. The van der Waals surface area contributed by atoms with Crippen molar-refractivity contribution in [3.63, 3.8) is 0 Å². The summed E-state index contributed by atoms with van der Waals surface area (Å²) in [5, 5.41) is 15.5. The molecule has 0 aliphatic heterocycles. The summed E-state index contributed by atoms with van der Waals surface area (Å²) in [5.41, 5.74) is -0.475. The maximum Gasteiger partial charge on any atom is 0.414 e.